The van der Waals surface area contributed by atoms with Crippen molar-refractivity contribution < 1.29 is 4.79 Å². The van der Waals surface area contributed by atoms with Crippen molar-refractivity contribution in [2.24, 2.45) is 0 Å². The number of hydrogen-bond acceptors (Lipinski definition) is 3. The molecule has 0 fully saturated rings. The molecule has 0 saturated heterocycles. The lowest BCUT2D eigenvalue weighted by molar-refractivity contribution is 0.0706. The van der Waals surface area contributed by atoms with Gasteiger partial charge in [-0.05, 0) is 39.3 Å². The normalized spacial score (nSPS) is 10.5. The lowest BCUT2D eigenvalue weighted by atomic mass is 10.2. The summed E-state index contributed by atoms with van der Waals surface area (Å²) in [5, 5.41) is 3.13. The van der Waals surface area contributed by atoms with Gasteiger partial charge in [-0.25, -0.2) is 4.98 Å². The van der Waals surface area contributed by atoms with Crippen LogP contribution in [0.25, 0.3) is 0 Å². The van der Waals surface area contributed by atoms with Crippen LogP contribution in [-0.2, 0) is 0 Å². The second-order valence-electron chi connectivity index (χ2n) is 4.52. The van der Waals surface area contributed by atoms with E-state index >= 15 is 0 Å². The molecule has 0 radical (unpaired) electrons. The Balaban J connectivity index is 3.00. The molecule has 1 N–H and O–H groups in total. The van der Waals surface area contributed by atoms with Gasteiger partial charge >= 0.3 is 0 Å². The van der Waals surface area contributed by atoms with E-state index in [9.17, 15) is 4.79 Å². The van der Waals surface area contributed by atoms with E-state index < -0.39 is 0 Å². The van der Waals surface area contributed by atoms with Crippen molar-refractivity contribution in [1.82, 2.24) is 9.88 Å². The first-order chi connectivity index (χ1) is 8.61. The van der Waals surface area contributed by atoms with Crippen molar-refractivity contribution in [3.05, 3.63) is 23.9 Å². The molecule has 0 aliphatic carbocycles. The Morgan fingerprint density at radius 1 is 1.44 bits per heavy atom. The van der Waals surface area contributed by atoms with Crippen molar-refractivity contribution in [2.45, 2.75) is 40.2 Å². The standard InChI is InChI=1S/C14H23N3O/c1-5-10-17(11(3)4)14(18)12-8-7-9-16-13(12)15-6-2/h7-9,11H,5-6,10H2,1-4H3,(H,15,16). The fourth-order valence-electron chi connectivity index (χ4n) is 1.88. The van der Waals surface area contributed by atoms with E-state index in [1.807, 2.05) is 31.7 Å². The highest BCUT2D eigenvalue weighted by molar-refractivity contribution is 5.98. The molecule has 0 unspecified atom stereocenters. The molecule has 1 amide bonds. The van der Waals surface area contributed by atoms with Crippen LogP contribution in [0.15, 0.2) is 18.3 Å². The minimum Gasteiger partial charge on any atom is -0.370 e. The Kier molecular flexibility index (Phi) is 5.62. The predicted octanol–water partition coefficient (Wildman–Crippen LogP) is 2.77. The maximum atomic E-state index is 12.5. The number of aromatic nitrogens is 1. The number of hydrogen-bond donors (Lipinski definition) is 1. The third-order valence-electron chi connectivity index (χ3n) is 2.73. The first kappa shape index (κ1) is 14.5. The van der Waals surface area contributed by atoms with Gasteiger partial charge in [0.05, 0.1) is 5.56 Å². The molecule has 18 heavy (non-hydrogen) atoms. The fraction of sp³-hybridized carbons (Fsp3) is 0.571. The second-order valence-corrected chi connectivity index (χ2v) is 4.52. The molecule has 1 aromatic heterocycles. The number of rotatable bonds is 6. The van der Waals surface area contributed by atoms with Crippen LogP contribution in [0.5, 0.6) is 0 Å². The quantitative estimate of drug-likeness (QED) is 0.843. The molecular formula is C14H23N3O. The van der Waals surface area contributed by atoms with Crippen molar-refractivity contribution in [1.29, 1.82) is 0 Å². The zero-order valence-electron chi connectivity index (χ0n) is 11.7. The minimum atomic E-state index is 0.0518. The summed E-state index contributed by atoms with van der Waals surface area (Å²) in [6.45, 7) is 9.68. The van der Waals surface area contributed by atoms with Gasteiger partial charge in [-0.3, -0.25) is 4.79 Å². The Morgan fingerprint density at radius 2 is 2.17 bits per heavy atom. The summed E-state index contributed by atoms with van der Waals surface area (Å²) >= 11 is 0. The summed E-state index contributed by atoms with van der Waals surface area (Å²) in [4.78, 5) is 18.6. The SMILES string of the molecule is CCCN(C(=O)c1cccnc1NCC)C(C)C. The summed E-state index contributed by atoms with van der Waals surface area (Å²) < 4.78 is 0. The smallest absolute Gasteiger partial charge is 0.257 e. The number of carbonyl (C=O) groups is 1. The molecule has 0 bridgehead atoms. The largest absolute Gasteiger partial charge is 0.370 e. The maximum Gasteiger partial charge on any atom is 0.257 e. The van der Waals surface area contributed by atoms with E-state index in [2.05, 4.69) is 17.2 Å². The Morgan fingerprint density at radius 3 is 2.72 bits per heavy atom. The zero-order chi connectivity index (χ0) is 13.5. The van der Waals surface area contributed by atoms with Crippen LogP contribution in [-0.4, -0.2) is 34.9 Å². The summed E-state index contributed by atoms with van der Waals surface area (Å²) in [6.07, 6.45) is 2.66. The van der Waals surface area contributed by atoms with Crippen molar-refractivity contribution in [3.63, 3.8) is 0 Å². The summed E-state index contributed by atoms with van der Waals surface area (Å²) in [5.74, 6) is 0.725. The molecule has 0 aromatic carbocycles. The Hall–Kier alpha value is -1.58. The minimum absolute atomic E-state index is 0.0518. The number of pyridine rings is 1. The number of nitrogens with one attached hydrogen (secondary N) is 1. The molecule has 0 aliphatic heterocycles. The molecule has 0 saturated carbocycles. The van der Waals surface area contributed by atoms with Crippen molar-refractivity contribution in [2.75, 3.05) is 18.4 Å². The molecule has 0 atom stereocenters. The van der Waals surface area contributed by atoms with Gasteiger partial charge in [-0.2, -0.15) is 0 Å². The molecule has 0 spiro atoms. The van der Waals surface area contributed by atoms with Crippen LogP contribution >= 0.6 is 0 Å². The highest BCUT2D eigenvalue weighted by Gasteiger charge is 2.20. The number of carbonyl (C=O) groups excluding carboxylic acids is 1. The summed E-state index contributed by atoms with van der Waals surface area (Å²) in [7, 11) is 0. The average Bonchev–Trinajstić information content (AvgIpc) is 2.36. The monoisotopic (exact) mass is 249 g/mol. The number of amides is 1. The van der Waals surface area contributed by atoms with Crippen LogP contribution in [0.2, 0.25) is 0 Å². The van der Waals surface area contributed by atoms with E-state index in [1.165, 1.54) is 0 Å². The van der Waals surface area contributed by atoms with Crippen LogP contribution in [0.1, 0.15) is 44.5 Å². The molecule has 0 aliphatic rings. The zero-order valence-corrected chi connectivity index (χ0v) is 11.7. The highest BCUT2D eigenvalue weighted by Crippen LogP contribution is 2.16. The van der Waals surface area contributed by atoms with Gasteiger partial charge in [-0.15, -0.1) is 0 Å². The number of anilines is 1. The van der Waals surface area contributed by atoms with Gasteiger partial charge in [0.25, 0.3) is 5.91 Å². The van der Waals surface area contributed by atoms with Crippen LogP contribution in [0.3, 0.4) is 0 Å². The highest BCUT2D eigenvalue weighted by atomic mass is 16.2. The fourth-order valence-corrected chi connectivity index (χ4v) is 1.88. The van der Waals surface area contributed by atoms with Gasteiger partial charge in [-0.1, -0.05) is 6.92 Å². The van der Waals surface area contributed by atoms with Gasteiger partial charge in [0.1, 0.15) is 5.82 Å². The van der Waals surface area contributed by atoms with Crippen molar-refractivity contribution in [3.8, 4) is 0 Å². The van der Waals surface area contributed by atoms with Crippen molar-refractivity contribution >= 4 is 11.7 Å². The Bertz CT molecular complexity index is 390. The number of nitrogens with zero attached hydrogens (tertiary/aromatic N) is 2. The van der Waals surface area contributed by atoms with E-state index in [1.54, 1.807) is 12.3 Å². The molecular weight excluding hydrogens is 226 g/mol. The van der Waals surface area contributed by atoms with Gasteiger partial charge in [0.15, 0.2) is 0 Å². The molecule has 4 heteroatoms. The van der Waals surface area contributed by atoms with Crippen LogP contribution in [0, 0.1) is 0 Å². The average molecular weight is 249 g/mol. The topological polar surface area (TPSA) is 45.2 Å². The molecule has 100 valence electrons. The van der Waals surface area contributed by atoms with E-state index in [0.29, 0.717) is 11.4 Å². The molecule has 1 aromatic rings. The molecule has 4 nitrogen and oxygen atoms in total. The first-order valence-corrected chi connectivity index (χ1v) is 6.61. The lowest BCUT2D eigenvalue weighted by Gasteiger charge is -2.27. The lowest BCUT2D eigenvalue weighted by Crippen LogP contribution is -2.38. The second kappa shape index (κ2) is 6.99. The van der Waals surface area contributed by atoms with Gasteiger partial charge < -0.3 is 10.2 Å². The summed E-state index contributed by atoms with van der Waals surface area (Å²) in [6, 6.07) is 3.84. The summed E-state index contributed by atoms with van der Waals surface area (Å²) in [5.41, 5.74) is 0.654. The molecule has 1 heterocycles. The van der Waals surface area contributed by atoms with Crippen LogP contribution in [0.4, 0.5) is 5.82 Å². The predicted molar refractivity (Wildman–Crippen MR) is 74.9 cm³/mol. The van der Waals surface area contributed by atoms with E-state index in [0.717, 1.165) is 19.5 Å². The van der Waals surface area contributed by atoms with E-state index in [-0.39, 0.29) is 11.9 Å². The molecule has 1 rings (SSSR count). The Labute approximate surface area is 109 Å². The van der Waals surface area contributed by atoms with Gasteiger partial charge in [0.2, 0.25) is 0 Å². The first-order valence-electron chi connectivity index (χ1n) is 6.61. The van der Waals surface area contributed by atoms with Crippen LogP contribution < -0.4 is 5.32 Å². The van der Waals surface area contributed by atoms with E-state index in [4.69, 9.17) is 0 Å². The maximum absolute atomic E-state index is 12.5. The van der Waals surface area contributed by atoms with Gasteiger partial charge in [0, 0.05) is 25.3 Å². The third-order valence-corrected chi connectivity index (χ3v) is 2.73. The third kappa shape index (κ3) is 3.45.